The SMILES string of the molecule is CCCC(=O)N1CCCC[C@@H]1c1nc2c(c(=O)[nH]1)CN(C(C)=O)CC2. The van der Waals surface area contributed by atoms with E-state index < -0.39 is 0 Å². The molecule has 3 rings (SSSR count). The monoisotopic (exact) mass is 346 g/mol. The van der Waals surface area contributed by atoms with Crippen molar-refractivity contribution in [3.63, 3.8) is 0 Å². The number of carbonyl (C=O) groups excluding carboxylic acids is 2. The molecule has 0 unspecified atom stereocenters. The van der Waals surface area contributed by atoms with Crippen LogP contribution in [0.5, 0.6) is 0 Å². The summed E-state index contributed by atoms with van der Waals surface area (Å²) in [5, 5.41) is 0. The molecule has 1 aromatic rings. The summed E-state index contributed by atoms with van der Waals surface area (Å²) in [6, 6.07) is -0.142. The summed E-state index contributed by atoms with van der Waals surface area (Å²) in [6.07, 6.45) is 4.78. The number of rotatable bonds is 3. The highest BCUT2D eigenvalue weighted by atomic mass is 16.2. The largest absolute Gasteiger partial charge is 0.338 e. The van der Waals surface area contributed by atoms with Crippen molar-refractivity contribution >= 4 is 11.8 Å². The number of H-pyrrole nitrogens is 1. The molecule has 0 spiro atoms. The van der Waals surface area contributed by atoms with E-state index in [1.54, 1.807) is 4.90 Å². The normalized spacial score (nSPS) is 20.3. The van der Waals surface area contributed by atoms with Crippen molar-refractivity contribution in [3.8, 4) is 0 Å². The fourth-order valence-corrected chi connectivity index (χ4v) is 3.74. The smallest absolute Gasteiger partial charge is 0.256 e. The van der Waals surface area contributed by atoms with E-state index in [1.807, 2.05) is 11.8 Å². The van der Waals surface area contributed by atoms with Gasteiger partial charge in [0.15, 0.2) is 0 Å². The molecule has 136 valence electrons. The summed E-state index contributed by atoms with van der Waals surface area (Å²) in [5.41, 5.74) is 1.16. The van der Waals surface area contributed by atoms with Crippen LogP contribution in [-0.2, 0) is 22.6 Å². The number of aromatic amines is 1. The predicted molar refractivity (Wildman–Crippen MR) is 92.9 cm³/mol. The second-order valence-electron chi connectivity index (χ2n) is 6.92. The van der Waals surface area contributed by atoms with Crippen LogP contribution in [-0.4, -0.2) is 44.7 Å². The first-order valence-corrected chi connectivity index (χ1v) is 9.18. The van der Waals surface area contributed by atoms with Crippen LogP contribution in [0.1, 0.15) is 69.1 Å². The number of hydrogen-bond acceptors (Lipinski definition) is 4. The lowest BCUT2D eigenvalue weighted by Crippen LogP contribution is -2.42. The Morgan fingerprint density at radius 1 is 1.28 bits per heavy atom. The summed E-state index contributed by atoms with van der Waals surface area (Å²) < 4.78 is 0. The van der Waals surface area contributed by atoms with E-state index >= 15 is 0 Å². The molecular weight excluding hydrogens is 320 g/mol. The van der Waals surface area contributed by atoms with Crippen molar-refractivity contribution in [3.05, 3.63) is 27.4 Å². The Balaban J connectivity index is 1.90. The maximum atomic E-state index is 12.6. The third-order valence-electron chi connectivity index (χ3n) is 5.13. The number of nitrogens with one attached hydrogen (secondary N) is 1. The van der Waals surface area contributed by atoms with Crippen LogP contribution in [0.2, 0.25) is 0 Å². The third-order valence-corrected chi connectivity index (χ3v) is 5.13. The van der Waals surface area contributed by atoms with Crippen LogP contribution in [0.3, 0.4) is 0 Å². The average Bonchev–Trinajstić information content (AvgIpc) is 2.61. The van der Waals surface area contributed by atoms with E-state index in [-0.39, 0.29) is 23.4 Å². The van der Waals surface area contributed by atoms with Gasteiger partial charge in [0, 0.05) is 32.9 Å². The first-order valence-electron chi connectivity index (χ1n) is 9.18. The van der Waals surface area contributed by atoms with Gasteiger partial charge in [-0.1, -0.05) is 6.92 Å². The molecule has 0 bridgehead atoms. The molecule has 2 aliphatic heterocycles. The number of carbonyl (C=O) groups is 2. The third kappa shape index (κ3) is 3.60. The van der Waals surface area contributed by atoms with Crippen LogP contribution < -0.4 is 5.56 Å². The Bertz CT molecular complexity index is 728. The molecule has 0 radical (unpaired) electrons. The zero-order valence-electron chi connectivity index (χ0n) is 15.0. The van der Waals surface area contributed by atoms with E-state index in [0.29, 0.717) is 37.3 Å². The first kappa shape index (κ1) is 17.6. The molecule has 2 amide bonds. The Labute approximate surface area is 147 Å². The average molecular weight is 346 g/mol. The molecule has 2 aliphatic rings. The lowest BCUT2D eigenvalue weighted by Gasteiger charge is -2.35. The van der Waals surface area contributed by atoms with Crippen LogP contribution >= 0.6 is 0 Å². The van der Waals surface area contributed by atoms with Crippen LogP contribution in [0.15, 0.2) is 4.79 Å². The molecular formula is C18H26N4O3. The van der Waals surface area contributed by atoms with Gasteiger partial charge in [0.2, 0.25) is 11.8 Å². The van der Waals surface area contributed by atoms with Gasteiger partial charge in [0.1, 0.15) is 5.82 Å². The molecule has 1 fully saturated rings. The summed E-state index contributed by atoms with van der Waals surface area (Å²) in [6.45, 7) is 5.14. The highest BCUT2D eigenvalue weighted by Crippen LogP contribution is 2.30. The molecule has 0 saturated carbocycles. The molecule has 7 nitrogen and oxygen atoms in total. The van der Waals surface area contributed by atoms with Crippen molar-refractivity contribution in [1.29, 1.82) is 0 Å². The van der Waals surface area contributed by atoms with Gasteiger partial charge in [-0.25, -0.2) is 4.98 Å². The maximum Gasteiger partial charge on any atom is 0.256 e. The Morgan fingerprint density at radius 2 is 2.08 bits per heavy atom. The van der Waals surface area contributed by atoms with Gasteiger partial charge < -0.3 is 14.8 Å². The van der Waals surface area contributed by atoms with Crippen molar-refractivity contribution in [2.24, 2.45) is 0 Å². The molecule has 3 heterocycles. The summed E-state index contributed by atoms with van der Waals surface area (Å²) in [7, 11) is 0. The Hall–Kier alpha value is -2.18. The second-order valence-corrected chi connectivity index (χ2v) is 6.92. The van der Waals surface area contributed by atoms with E-state index in [9.17, 15) is 14.4 Å². The number of amides is 2. The van der Waals surface area contributed by atoms with Gasteiger partial charge >= 0.3 is 0 Å². The van der Waals surface area contributed by atoms with Gasteiger partial charge in [0.05, 0.1) is 23.8 Å². The van der Waals surface area contributed by atoms with Crippen molar-refractivity contribution in [2.45, 2.75) is 65.0 Å². The fraction of sp³-hybridized carbons (Fsp3) is 0.667. The standard InChI is InChI=1S/C18H26N4O3/c1-3-6-16(24)22-9-5-4-7-15(22)17-19-14-8-10-21(12(2)23)11-13(14)18(25)20-17/h15H,3-11H2,1-2H3,(H,19,20,25)/t15-/m1/s1. The zero-order chi connectivity index (χ0) is 18.0. The van der Waals surface area contributed by atoms with E-state index in [0.717, 1.165) is 37.9 Å². The fourth-order valence-electron chi connectivity index (χ4n) is 3.74. The number of fused-ring (bicyclic) bond motifs is 1. The van der Waals surface area contributed by atoms with Gasteiger partial charge in [-0.15, -0.1) is 0 Å². The first-order chi connectivity index (χ1) is 12.0. The highest BCUT2D eigenvalue weighted by molar-refractivity contribution is 5.76. The second kappa shape index (κ2) is 7.37. The van der Waals surface area contributed by atoms with Crippen LogP contribution in [0.25, 0.3) is 0 Å². The minimum absolute atomic E-state index is 0.0299. The number of piperidine rings is 1. The molecule has 7 heteroatoms. The molecule has 0 aromatic carbocycles. The molecule has 1 atom stereocenters. The number of likely N-dealkylation sites (tertiary alicyclic amines) is 1. The molecule has 1 saturated heterocycles. The molecule has 1 aromatic heterocycles. The number of aromatic nitrogens is 2. The summed E-state index contributed by atoms with van der Waals surface area (Å²) in [4.78, 5) is 47.7. The van der Waals surface area contributed by atoms with E-state index in [1.165, 1.54) is 6.92 Å². The van der Waals surface area contributed by atoms with Gasteiger partial charge in [-0.2, -0.15) is 0 Å². The predicted octanol–water partition coefficient (Wildman–Crippen LogP) is 1.53. The quantitative estimate of drug-likeness (QED) is 0.899. The Morgan fingerprint density at radius 3 is 2.80 bits per heavy atom. The minimum atomic E-state index is -0.181. The van der Waals surface area contributed by atoms with Crippen LogP contribution in [0, 0.1) is 0 Å². The van der Waals surface area contributed by atoms with Crippen molar-refractivity contribution in [2.75, 3.05) is 13.1 Å². The maximum absolute atomic E-state index is 12.6. The summed E-state index contributed by atoms with van der Waals surface area (Å²) >= 11 is 0. The lowest BCUT2D eigenvalue weighted by atomic mass is 9.99. The van der Waals surface area contributed by atoms with Crippen molar-refractivity contribution < 1.29 is 9.59 Å². The number of hydrogen-bond donors (Lipinski definition) is 1. The van der Waals surface area contributed by atoms with E-state index in [2.05, 4.69) is 4.98 Å². The van der Waals surface area contributed by atoms with Crippen molar-refractivity contribution in [1.82, 2.24) is 19.8 Å². The van der Waals surface area contributed by atoms with Crippen LogP contribution in [0.4, 0.5) is 0 Å². The minimum Gasteiger partial charge on any atom is -0.338 e. The van der Waals surface area contributed by atoms with Gasteiger partial charge in [-0.05, 0) is 25.7 Å². The highest BCUT2D eigenvalue weighted by Gasteiger charge is 2.31. The van der Waals surface area contributed by atoms with Gasteiger partial charge in [0.25, 0.3) is 5.56 Å². The molecule has 0 aliphatic carbocycles. The molecule has 25 heavy (non-hydrogen) atoms. The lowest BCUT2D eigenvalue weighted by molar-refractivity contribution is -0.135. The van der Waals surface area contributed by atoms with E-state index in [4.69, 9.17) is 4.98 Å². The number of nitrogens with zero attached hydrogens (tertiary/aromatic N) is 3. The summed E-state index contributed by atoms with van der Waals surface area (Å²) in [5.74, 6) is 0.706. The Kier molecular flexibility index (Phi) is 5.20. The van der Waals surface area contributed by atoms with Gasteiger partial charge in [-0.3, -0.25) is 14.4 Å². The zero-order valence-corrected chi connectivity index (χ0v) is 15.0. The molecule has 1 N–H and O–H groups in total. The topological polar surface area (TPSA) is 86.4 Å².